The van der Waals surface area contributed by atoms with E-state index < -0.39 is 5.92 Å². The summed E-state index contributed by atoms with van der Waals surface area (Å²) in [5.74, 6) is -0.846. The van der Waals surface area contributed by atoms with E-state index >= 15 is 0 Å². The van der Waals surface area contributed by atoms with Crippen molar-refractivity contribution in [2.24, 2.45) is 5.92 Å². The van der Waals surface area contributed by atoms with Gasteiger partial charge in [0.2, 0.25) is 11.8 Å². The maximum absolute atomic E-state index is 12.2. The van der Waals surface area contributed by atoms with Gasteiger partial charge in [0.25, 0.3) is 0 Å². The summed E-state index contributed by atoms with van der Waals surface area (Å²) in [6, 6.07) is 7.09. The van der Waals surface area contributed by atoms with E-state index in [2.05, 4.69) is 5.32 Å². The second kappa shape index (κ2) is 6.06. The highest BCUT2D eigenvalue weighted by Crippen LogP contribution is 2.26. The van der Waals surface area contributed by atoms with Crippen LogP contribution in [0.4, 0.5) is 5.69 Å². The number of carbonyl (C=O) groups is 2. The van der Waals surface area contributed by atoms with Gasteiger partial charge in [0, 0.05) is 23.8 Å². The molecule has 2 rings (SSSR count). The number of hydrogen-bond donors (Lipinski definition) is 1. The summed E-state index contributed by atoms with van der Waals surface area (Å²) < 4.78 is 0. The fourth-order valence-electron chi connectivity index (χ4n) is 2.17. The van der Waals surface area contributed by atoms with E-state index in [9.17, 15) is 9.59 Å². The van der Waals surface area contributed by atoms with E-state index in [-0.39, 0.29) is 11.8 Å². The van der Waals surface area contributed by atoms with Gasteiger partial charge < -0.3 is 10.2 Å². The molecule has 102 valence electrons. The summed E-state index contributed by atoms with van der Waals surface area (Å²) in [5.41, 5.74) is 0.792. The SMILES string of the molecule is CCCNC(=O)C1CCN(c2ccc(Cl)cc2)C1=O. The molecule has 5 heteroatoms. The van der Waals surface area contributed by atoms with Gasteiger partial charge in [0.05, 0.1) is 0 Å². The third-order valence-corrected chi connectivity index (χ3v) is 3.46. The molecule has 4 nitrogen and oxygen atoms in total. The summed E-state index contributed by atoms with van der Waals surface area (Å²) in [7, 11) is 0. The highest BCUT2D eigenvalue weighted by molar-refractivity contribution is 6.30. The minimum atomic E-state index is -0.553. The Balaban J connectivity index is 2.05. The summed E-state index contributed by atoms with van der Waals surface area (Å²) >= 11 is 5.82. The molecular weight excluding hydrogens is 264 g/mol. The average Bonchev–Trinajstić information content (AvgIpc) is 2.79. The minimum Gasteiger partial charge on any atom is -0.355 e. The first-order valence-electron chi connectivity index (χ1n) is 6.48. The second-order valence-corrected chi connectivity index (χ2v) is 5.04. The zero-order valence-corrected chi connectivity index (χ0v) is 11.6. The maximum Gasteiger partial charge on any atom is 0.239 e. The molecule has 1 unspecified atom stereocenters. The summed E-state index contributed by atoms with van der Waals surface area (Å²) in [4.78, 5) is 25.7. The molecule has 1 aromatic rings. The van der Waals surface area contributed by atoms with Crippen LogP contribution in [0, 0.1) is 5.92 Å². The number of hydrogen-bond acceptors (Lipinski definition) is 2. The molecule has 2 amide bonds. The lowest BCUT2D eigenvalue weighted by Gasteiger charge is -2.16. The Morgan fingerprint density at radius 2 is 2.11 bits per heavy atom. The molecule has 1 N–H and O–H groups in total. The number of anilines is 1. The monoisotopic (exact) mass is 280 g/mol. The molecule has 1 fully saturated rings. The molecule has 0 spiro atoms. The van der Waals surface area contributed by atoms with E-state index in [1.807, 2.05) is 6.92 Å². The van der Waals surface area contributed by atoms with Crippen molar-refractivity contribution in [2.75, 3.05) is 18.0 Å². The van der Waals surface area contributed by atoms with Crippen molar-refractivity contribution in [3.05, 3.63) is 29.3 Å². The average molecular weight is 281 g/mol. The Kier molecular flexibility index (Phi) is 4.43. The fraction of sp³-hybridized carbons (Fsp3) is 0.429. The van der Waals surface area contributed by atoms with Gasteiger partial charge in [-0.05, 0) is 37.1 Å². The van der Waals surface area contributed by atoms with Crippen LogP contribution < -0.4 is 10.2 Å². The van der Waals surface area contributed by atoms with Gasteiger partial charge in [-0.25, -0.2) is 0 Å². The molecule has 1 heterocycles. The lowest BCUT2D eigenvalue weighted by Crippen LogP contribution is -2.37. The number of carbonyl (C=O) groups excluding carboxylic acids is 2. The summed E-state index contributed by atoms with van der Waals surface area (Å²) in [5, 5.41) is 3.41. The Labute approximate surface area is 117 Å². The lowest BCUT2D eigenvalue weighted by atomic mass is 10.1. The zero-order chi connectivity index (χ0) is 13.8. The van der Waals surface area contributed by atoms with Crippen molar-refractivity contribution in [1.29, 1.82) is 0 Å². The number of amides is 2. The van der Waals surface area contributed by atoms with Crippen LogP contribution in [0.1, 0.15) is 19.8 Å². The van der Waals surface area contributed by atoms with E-state index in [4.69, 9.17) is 11.6 Å². The molecule has 1 aliphatic heterocycles. The zero-order valence-electron chi connectivity index (χ0n) is 10.9. The van der Waals surface area contributed by atoms with Gasteiger partial charge in [-0.2, -0.15) is 0 Å². The third kappa shape index (κ3) is 3.07. The van der Waals surface area contributed by atoms with Crippen LogP contribution in [0.15, 0.2) is 24.3 Å². The minimum absolute atomic E-state index is 0.129. The van der Waals surface area contributed by atoms with Crippen molar-refractivity contribution >= 4 is 29.1 Å². The standard InChI is InChI=1S/C14H17ClN2O2/c1-2-8-16-13(18)12-7-9-17(14(12)19)11-5-3-10(15)4-6-11/h3-6,12H,2,7-9H2,1H3,(H,16,18). The largest absolute Gasteiger partial charge is 0.355 e. The van der Waals surface area contributed by atoms with E-state index in [1.54, 1.807) is 29.2 Å². The molecule has 1 atom stereocenters. The molecule has 0 bridgehead atoms. The predicted octanol–water partition coefficient (Wildman–Crippen LogP) is 2.22. The molecule has 1 saturated heterocycles. The first-order chi connectivity index (χ1) is 9.13. The highest BCUT2D eigenvalue weighted by atomic mass is 35.5. The quantitative estimate of drug-likeness (QED) is 0.860. The number of benzene rings is 1. The molecule has 0 aromatic heterocycles. The van der Waals surface area contributed by atoms with Crippen molar-refractivity contribution < 1.29 is 9.59 Å². The van der Waals surface area contributed by atoms with Gasteiger partial charge in [0.1, 0.15) is 5.92 Å². The molecule has 1 aromatic carbocycles. The smallest absolute Gasteiger partial charge is 0.239 e. The number of rotatable bonds is 4. The van der Waals surface area contributed by atoms with Crippen LogP contribution in [-0.2, 0) is 9.59 Å². The van der Waals surface area contributed by atoms with Gasteiger partial charge in [0.15, 0.2) is 0 Å². The number of halogens is 1. The summed E-state index contributed by atoms with van der Waals surface area (Å²) in [6.07, 6.45) is 1.44. The van der Waals surface area contributed by atoms with Gasteiger partial charge in [-0.1, -0.05) is 18.5 Å². The lowest BCUT2D eigenvalue weighted by molar-refractivity contribution is -0.132. The normalized spacial score (nSPS) is 18.7. The highest BCUT2D eigenvalue weighted by Gasteiger charge is 2.37. The van der Waals surface area contributed by atoms with Gasteiger partial charge in [-0.15, -0.1) is 0 Å². The first-order valence-corrected chi connectivity index (χ1v) is 6.86. The molecule has 19 heavy (non-hydrogen) atoms. The first kappa shape index (κ1) is 13.9. The Bertz CT molecular complexity index is 473. The van der Waals surface area contributed by atoms with Crippen molar-refractivity contribution in [1.82, 2.24) is 5.32 Å². The van der Waals surface area contributed by atoms with E-state index in [0.29, 0.717) is 24.5 Å². The van der Waals surface area contributed by atoms with Crippen LogP contribution in [0.5, 0.6) is 0 Å². The van der Waals surface area contributed by atoms with Gasteiger partial charge >= 0.3 is 0 Å². The van der Waals surface area contributed by atoms with E-state index in [0.717, 1.165) is 12.1 Å². The van der Waals surface area contributed by atoms with Crippen LogP contribution in [0.2, 0.25) is 5.02 Å². The summed E-state index contributed by atoms with van der Waals surface area (Å²) in [6.45, 7) is 3.17. The number of nitrogens with zero attached hydrogens (tertiary/aromatic N) is 1. The van der Waals surface area contributed by atoms with Crippen LogP contribution >= 0.6 is 11.6 Å². The van der Waals surface area contributed by atoms with Crippen molar-refractivity contribution in [2.45, 2.75) is 19.8 Å². The van der Waals surface area contributed by atoms with Crippen LogP contribution in [0.25, 0.3) is 0 Å². The third-order valence-electron chi connectivity index (χ3n) is 3.21. The Hall–Kier alpha value is -1.55. The molecule has 0 radical (unpaired) electrons. The molecule has 0 aliphatic carbocycles. The molecule has 1 aliphatic rings. The van der Waals surface area contributed by atoms with Gasteiger partial charge in [-0.3, -0.25) is 9.59 Å². The van der Waals surface area contributed by atoms with Crippen molar-refractivity contribution in [3.63, 3.8) is 0 Å². The topological polar surface area (TPSA) is 49.4 Å². The van der Waals surface area contributed by atoms with Crippen LogP contribution in [-0.4, -0.2) is 24.9 Å². The Morgan fingerprint density at radius 1 is 1.42 bits per heavy atom. The van der Waals surface area contributed by atoms with Crippen LogP contribution in [0.3, 0.4) is 0 Å². The molecular formula is C14H17ClN2O2. The Morgan fingerprint density at radius 3 is 2.74 bits per heavy atom. The van der Waals surface area contributed by atoms with E-state index in [1.165, 1.54) is 0 Å². The second-order valence-electron chi connectivity index (χ2n) is 4.60. The predicted molar refractivity (Wildman–Crippen MR) is 75.2 cm³/mol. The maximum atomic E-state index is 12.2. The molecule has 0 saturated carbocycles. The van der Waals surface area contributed by atoms with Crippen molar-refractivity contribution in [3.8, 4) is 0 Å². The fourth-order valence-corrected chi connectivity index (χ4v) is 2.30. The number of nitrogens with one attached hydrogen (secondary N) is 1.